The molecule has 0 aromatic heterocycles. The molecule has 170 valence electrons. The van der Waals surface area contributed by atoms with E-state index < -0.39 is 23.7 Å². The van der Waals surface area contributed by atoms with Crippen LogP contribution >= 0.6 is 0 Å². The molecule has 0 fully saturated rings. The van der Waals surface area contributed by atoms with Gasteiger partial charge in [0.25, 0.3) is 0 Å². The van der Waals surface area contributed by atoms with Gasteiger partial charge < -0.3 is 18.9 Å². The second-order valence-corrected chi connectivity index (χ2v) is 9.04. The predicted molar refractivity (Wildman–Crippen MR) is 118 cm³/mol. The summed E-state index contributed by atoms with van der Waals surface area (Å²) in [4.78, 5) is 26.7. The van der Waals surface area contributed by atoms with Gasteiger partial charge in [0.05, 0.1) is 13.7 Å². The van der Waals surface area contributed by atoms with Crippen molar-refractivity contribution >= 4 is 12.1 Å². The summed E-state index contributed by atoms with van der Waals surface area (Å²) < 4.78 is 22.1. The Morgan fingerprint density at radius 1 is 1.09 bits per heavy atom. The molecule has 2 aliphatic rings. The molecule has 0 radical (unpaired) electrons. The fourth-order valence-corrected chi connectivity index (χ4v) is 4.07. The minimum Gasteiger partial charge on any atom is -0.493 e. The first-order valence-corrected chi connectivity index (χ1v) is 10.8. The number of ether oxygens (including phenoxy) is 4. The lowest BCUT2D eigenvalue weighted by Crippen LogP contribution is -2.46. The molecule has 2 aromatic carbocycles. The van der Waals surface area contributed by atoms with E-state index in [1.54, 1.807) is 20.8 Å². The summed E-state index contributed by atoms with van der Waals surface area (Å²) in [5.41, 5.74) is 3.32. The number of nitrogens with zero attached hydrogens (tertiary/aromatic N) is 1. The smallest absolute Gasteiger partial charge is 0.411 e. The first-order valence-electron chi connectivity index (χ1n) is 10.8. The molecule has 0 spiro atoms. The lowest BCUT2D eigenvalue weighted by molar-refractivity contribution is -0.147. The first kappa shape index (κ1) is 22.0. The summed E-state index contributed by atoms with van der Waals surface area (Å²) in [6.07, 6.45) is 0.986. The lowest BCUT2D eigenvalue weighted by atomic mass is 9.92. The molecular weight excluding hydrogens is 410 g/mol. The van der Waals surface area contributed by atoms with Gasteiger partial charge in [-0.05, 0) is 73.7 Å². The number of esters is 1. The van der Waals surface area contributed by atoms with Gasteiger partial charge in [0, 0.05) is 13.0 Å². The summed E-state index contributed by atoms with van der Waals surface area (Å²) in [5, 5.41) is 0. The average Bonchev–Trinajstić information content (AvgIpc) is 3.22. The normalized spacial score (nSPS) is 17.1. The van der Waals surface area contributed by atoms with Gasteiger partial charge in [-0.2, -0.15) is 0 Å². The molecule has 32 heavy (non-hydrogen) atoms. The molecule has 2 heterocycles. The maximum absolute atomic E-state index is 12.7. The van der Waals surface area contributed by atoms with Crippen molar-refractivity contribution in [2.75, 3.05) is 20.3 Å². The third-order valence-corrected chi connectivity index (χ3v) is 5.55. The number of carbonyl (C=O) groups excluding carboxylic acids is 2. The zero-order valence-electron chi connectivity index (χ0n) is 19.0. The van der Waals surface area contributed by atoms with E-state index in [1.807, 2.05) is 30.3 Å². The third kappa shape index (κ3) is 4.66. The fraction of sp³-hybridized carbons (Fsp3) is 0.440. The van der Waals surface area contributed by atoms with Crippen LogP contribution < -0.4 is 9.47 Å². The topological polar surface area (TPSA) is 74.3 Å². The maximum Gasteiger partial charge on any atom is 0.411 e. The van der Waals surface area contributed by atoms with Crippen LogP contribution in [0.5, 0.6) is 11.5 Å². The minimum atomic E-state index is -0.843. The Morgan fingerprint density at radius 2 is 1.91 bits per heavy atom. The summed E-state index contributed by atoms with van der Waals surface area (Å²) >= 11 is 0. The van der Waals surface area contributed by atoms with E-state index in [1.165, 1.54) is 17.6 Å². The van der Waals surface area contributed by atoms with E-state index in [-0.39, 0.29) is 0 Å². The molecule has 0 saturated heterocycles. The van der Waals surface area contributed by atoms with Crippen LogP contribution in [-0.2, 0) is 33.7 Å². The molecule has 7 heteroatoms. The zero-order chi connectivity index (χ0) is 22.9. The van der Waals surface area contributed by atoms with Crippen LogP contribution in [0.1, 0.15) is 49.1 Å². The van der Waals surface area contributed by atoms with E-state index in [4.69, 9.17) is 18.9 Å². The Hall–Kier alpha value is -3.22. The Labute approximate surface area is 188 Å². The van der Waals surface area contributed by atoms with E-state index in [0.717, 1.165) is 41.2 Å². The van der Waals surface area contributed by atoms with Crippen LogP contribution in [0.15, 0.2) is 36.4 Å². The van der Waals surface area contributed by atoms with Gasteiger partial charge in [-0.25, -0.2) is 9.59 Å². The highest BCUT2D eigenvalue weighted by molar-refractivity contribution is 5.84. The molecule has 0 unspecified atom stereocenters. The van der Waals surface area contributed by atoms with Crippen molar-refractivity contribution in [1.82, 2.24) is 4.90 Å². The van der Waals surface area contributed by atoms with Gasteiger partial charge in [-0.15, -0.1) is 0 Å². The Kier molecular flexibility index (Phi) is 6.00. The van der Waals surface area contributed by atoms with Gasteiger partial charge in [-0.3, -0.25) is 4.90 Å². The molecule has 0 bridgehead atoms. The number of rotatable bonds is 4. The van der Waals surface area contributed by atoms with Crippen molar-refractivity contribution in [3.8, 4) is 11.5 Å². The van der Waals surface area contributed by atoms with E-state index in [9.17, 15) is 9.59 Å². The summed E-state index contributed by atoms with van der Waals surface area (Å²) in [6.45, 7) is 6.92. The number of hydrogen-bond acceptors (Lipinski definition) is 6. The van der Waals surface area contributed by atoms with Crippen LogP contribution in [0.3, 0.4) is 0 Å². The first-order chi connectivity index (χ1) is 15.2. The van der Waals surface area contributed by atoms with Gasteiger partial charge in [0.2, 0.25) is 0 Å². The number of carbonyl (C=O) groups is 2. The largest absolute Gasteiger partial charge is 0.493 e. The Balaban J connectivity index is 1.51. The minimum absolute atomic E-state index is 0.357. The zero-order valence-corrected chi connectivity index (χ0v) is 19.0. The summed E-state index contributed by atoms with van der Waals surface area (Å²) in [6, 6.07) is 10.9. The SMILES string of the molecule is COC(=O)[C@H]1c2ccc(OCc3ccc4c(c3)CCO4)cc2CCN1C(=O)OC(C)(C)C. The van der Waals surface area contributed by atoms with Crippen molar-refractivity contribution in [1.29, 1.82) is 0 Å². The molecule has 0 aliphatic carbocycles. The van der Waals surface area contributed by atoms with Crippen LogP contribution in [0.4, 0.5) is 4.79 Å². The molecule has 2 aliphatic heterocycles. The van der Waals surface area contributed by atoms with Crippen LogP contribution in [0.2, 0.25) is 0 Å². The second-order valence-electron chi connectivity index (χ2n) is 9.04. The Morgan fingerprint density at radius 3 is 2.66 bits per heavy atom. The predicted octanol–water partition coefficient (Wildman–Crippen LogP) is 4.21. The van der Waals surface area contributed by atoms with Gasteiger partial charge in [0.1, 0.15) is 23.7 Å². The monoisotopic (exact) mass is 439 g/mol. The Bertz CT molecular complexity index is 1030. The maximum atomic E-state index is 12.7. The highest BCUT2D eigenvalue weighted by Gasteiger charge is 2.39. The summed E-state index contributed by atoms with van der Waals surface area (Å²) in [5.74, 6) is 1.17. The standard InChI is InChI=1S/C25H29NO6/c1-25(2,3)32-24(28)26-11-9-17-14-19(6-7-20(17)22(26)23(27)29-4)31-15-16-5-8-21-18(13-16)10-12-30-21/h5-8,13-14,22H,9-12,15H2,1-4H3/t22-/m1/s1. The van der Waals surface area contributed by atoms with Crippen molar-refractivity contribution < 1.29 is 28.5 Å². The molecular formula is C25H29NO6. The second kappa shape index (κ2) is 8.73. The van der Waals surface area contributed by atoms with Crippen LogP contribution in [-0.4, -0.2) is 42.8 Å². The van der Waals surface area contributed by atoms with Gasteiger partial charge in [0.15, 0.2) is 6.04 Å². The molecule has 4 rings (SSSR count). The molecule has 1 amide bonds. The summed E-state index contributed by atoms with van der Waals surface area (Å²) in [7, 11) is 1.32. The highest BCUT2D eigenvalue weighted by Crippen LogP contribution is 2.34. The van der Waals surface area contributed by atoms with Crippen LogP contribution in [0, 0.1) is 0 Å². The number of hydrogen-bond donors (Lipinski definition) is 0. The third-order valence-electron chi connectivity index (χ3n) is 5.55. The average molecular weight is 440 g/mol. The molecule has 0 saturated carbocycles. The number of fused-ring (bicyclic) bond motifs is 2. The van der Waals surface area contributed by atoms with Crippen molar-refractivity contribution in [2.45, 2.75) is 51.9 Å². The van der Waals surface area contributed by atoms with Gasteiger partial charge in [-0.1, -0.05) is 12.1 Å². The van der Waals surface area contributed by atoms with E-state index in [2.05, 4.69) is 6.07 Å². The van der Waals surface area contributed by atoms with Crippen LogP contribution in [0.25, 0.3) is 0 Å². The van der Waals surface area contributed by atoms with Crippen molar-refractivity contribution in [3.05, 3.63) is 58.7 Å². The van der Waals surface area contributed by atoms with Crippen molar-refractivity contribution in [3.63, 3.8) is 0 Å². The van der Waals surface area contributed by atoms with Crippen molar-refractivity contribution in [2.24, 2.45) is 0 Å². The molecule has 7 nitrogen and oxygen atoms in total. The molecule has 0 N–H and O–H groups in total. The molecule has 1 atom stereocenters. The quantitative estimate of drug-likeness (QED) is 0.665. The molecule has 2 aromatic rings. The fourth-order valence-electron chi connectivity index (χ4n) is 4.07. The number of amides is 1. The van der Waals surface area contributed by atoms with Gasteiger partial charge >= 0.3 is 12.1 Å². The lowest BCUT2D eigenvalue weighted by Gasteiger charge is -2.36. The van der Waals surface area contributed by atoms with E-state index >= 15 is 0 Å². The van der Waals surface area contributed by atoms with E-state index in [0.29, 0.717) is 19.6 Å². The number of methoxy groups -OCH3 is 1. The number of benzene rings is 2. The highest BCUT2D eigenvalue weighted by atomic mass is 16.6.